The first-order valence-corrected chi connectivity index (χ1v) is 8.32. The Morgan fingerprint density at radius 1 is 1.30 bits per heavy atom. The first-order chi connectivity index (χ1) is 9.71. The molecule has 3 aliphatic rings. The molecule has 0 bridgehead atoms. The van der Waals surface area contributed by atoms with Gasteiger partial charge in [-0.1, -0.05) is 0 Å². The van der Waals surface area contributed by atoms with Gasteiger partial charge in [-0.3, -0.25) is 5.32 Å². The fraction of sp³-hybridized carbons (Fsp3) is 0.938. The van der Waals surface area contributed by atoms with Gasteiger partial charge in [0.15, 0.2) is 0 Å². The topological polar surface area (TPSA) is 42.3 Å². The van der Waals surface area contributed by atoms with Gasteiger partial charge in [0, 0.05) is 25.2 Å². The van der Waals surface area contributed by atoms with E-state index in [0.717, 1.165) is 19.4 Å². The Labute approximate surface area is 123 Å². The number of hydrogen-bond donors (Lipinski definition) is 1. The van der Waals surface area contributed by atoms with Gasteiger partial charge in [0.05, 0.1) is 6.07 Å². The van der Waals surface area contributed by atoms with Crippen LogP contribution in [0.25, 0.3) is 0 Å². The summed E-state index contributed by atoms with van der Waals surface area (Å²) >= 11 is 0. The summed E-state index contributed by atoms with van der Waals surface area (Å²) < 4.78 is 0. The van der Waals surface area contributed by atoms with Crippen molar-refractivity contribution in [1.29, 1.82) is 5.26 Å². The lowest BCUT2D eigenvalue weighted by Gasteiger charge is -2.28. The highest BCUT2D eigenvalue weighted by molar-refractivity contribution is 5.15. The zero-order chi connectivity index (χ0) is 14.0. The van der Waals surface area contributed by atoms with Crippen molar-refractivity contribution in [2.45, 2.75) is 62.6 Å². The molecule has 2 unspecified atom stereocenters. The van der Waals surface area contributed by atoms with Crippen molar-refractivity contribution >= 4 is 0 Å². The Kier molecular flexibility index (Phi) is 4.30. The van der Waals surface area contributed by atoms with Crippen LogP contribution < -0.4 is 5.32 Å². The highest BCUT2D eigenvalue weighted by Gasteiger charge is 2.43. The molecule has 20 heavy (non-hydrogen) atoms. The van der Waals surface area contributed by atoms with Crippen LogP contribution >= 0.6 is 0 Å². The van der Waals surface area contributed by atoms with Crippen molar-refractivity contribution in [1.82, 2.24) is 15.1 Å². The van der Waals surface area contributed by atoms with Crippen LogP contribution in [0.15, 0.2) is 0 Å². The highest BCUT2D eigenvalue weighted by Crippen LogP contribution is 2.35. The molecule has 2 atom stereocenters. The first-order valence-electron chi connectivity index (χ1n) is 8.32. The molecule has 112 valence electrons. The number of rotatable bonds is 6. The average Bonchev–Trinajstić information content (AvgIpc) is 2.96. The van der Waals surface area contributed by atoms with Gasteiger partial charge in [0.1, 0.15) is 5.54 Å². The summed E-state index contributed by atoms with van der Waals surface area (Å²) in [5.41, 5.74) is -0.228. The minimum absolute atomic E-state index is 0.228. The Bertz CT molecular complexity index is 367. The highest BCUT2D eigenvalue weighted by atomic mass is 15.2. The average molecular weight is 276 g/mol. The summed E-state index contributed by atoms with van der Waals surface area (Å²) in [5.74, 6) is 0. The molecule has 4 nitrogen and oxygen atoms in total. The number of nitrogens with zero attached hydrogens (tertiary/aromatic N) is 3. The molecule has 1 aliphatic heterocycles. The molecule has 3 fully saturated rings. The monoisotopic (exact) mass is 276 g/mol. The molecular weight excluding hydrogens is 248 g/mol. The van der Waals surface area contributed by atoms with Crippen LogP contribution in [0, 0.1) is 11.3 Å². The van der Waals surface area contributed by atoms with Gasteiger partial charge in [-0.2, -0.15) is 5.26 Å². The second-order valence-electron chi connectivity index (χ2n) is 7.04. The van der Waals surface area contributed by atoms with Crippen LogP contribution in [0.2, 0.25) is 0 Å². The molecule has 1 N–H and O–H groups in total. The molecule has 3 rings (SSSR count). The number of likely N-dealkylation sites (tertiary alicyclic amines) is 1. The maximum absolute atomic E-state index is 9.56. The standard InChI is InChI=1S/C16H28N4/c1-19(10-11-20-8-2-3-9-20)15-6-7-16(12-15,13-17)18-14-4-5-14/h14-15,18H,2-12H2,1H3. The molecule has 0 aromatic heterocycles. The summed E-state index contributed by atoms with van der Waals surface area (Å²) in [6.45, 7) is 4.91. The van der Waals surface area contributed by atoms with Crippen LogP contribution in [-0.2, 0) is 0 Å². The number of nitriles is 1. The minimum atomic E-state index is -0.228. The van der Waals surface area contributed by atoms with Crippen molar-refractivity contribution in [2.75, 3.05) is 33.2 Å². The number of nitrogens with one attached hydrogen (secondary N) is 1. The first kappa shape index (κ1) is 14.3. The zero-order valence-electron chi connectivity index (χ0n) is 12.8. The summed E-state index contributed by atoms with van der Waals surface area (Å²) in [6.07, 6.45) is 8.47. The summed E-state index contributed by atoms with van der Waals surface area (Å²) in [7, 11) is 2.24. The van der Waals surface area contributed by atoms with Gasteiger partial charge in [-0.25, -0.2) is 0 Å². The van der Waals surface area contributed by atoms with E-state index in [1.807, 2.05) is 0 Å². The van der Waals surface area contributed by atoms with Crippen LogP contribution in [0.1, 0.15) is 44.9 Å². The number of hydrogen-bond acceptors (Lipinski definition) is 4. The molecule has 1 heterocycles. The SMILES string of the molecule is CN(CCN1CCCC1)C1CCC(C#N)(NC2CC2)C1. The quantitative estimate of drug-likeness (QED) is 0.800. The number of likely N-dealkylation sites (N-methyl/N-ethyl adjacent to an activating group) is 1. The van der Waals surface area contributed by atoms with Crippen molar-refractivity contribution in [3.63, 3.8) is 0 Å². The Morgan fingerprint density at radius 3 is 2.70 bits per heavy atom. The third-order valence-electron chi connectivity index (χ3n) is 5.35. The summed E-state index contributed by atoms with van der Waals surface area (Å²) in [6, 6.07) is 3.80. The maximum atomic E-state index is 9.56. The van der Waals surface area contributed by atoms with Crippen molar-refractivity contribution in [3.05, 3.63) is 0 Å². The van der Waals surface area contributed by atoms with E-state index in [1.54, 1.807) is 0 Å². The lowest BCUT2D eigenvalue weighted by molar-refractivity contribution is 0.201. The van der Waals surface area contributed by atoms with E-state index >= 15 is 0 Å². The predicted molar refractivity (Wildman–Crippen MR) is 80.4 cm³/mol. The fourth-order valence-electron chi connectivity index (χ4n) is 3.77. The molecule has 0 radical (unpaired) electrons. The van der Waals surface area contributed by atoms with E-state index in [2.05, 4.69) is 28.2 Å². The van der Waals surface area contributed by atoms with Crippen molar-refractivity contribution in [2.24, 2.45) is 0 Å². The zero-order valence-corrected chi connectivity index (χ0v) is 12.8. The van der Waals surface area contributed by atoms with Crippen LogP contribution in [0.5, 0.6) is 0 Å². The normalized spacial score (nSPS) is 34.8. The molecule has 2 saturated carbocycles. The van der Waals surface area contributed by atoms with Gasteiger partial charge >= 0.3 is 0 Å². The lowest BCUT2D eigenvalue weighted by Crippen LogP contribution is -2.45. The van der Waals surface area contributed by atoms with Gasteiger partial charge in [-0.15, -0.1) is 0 Å². The van der Waals surface area contributed by atoms with Gasteiger partial charge < -0.3 is 9.80 Å². The minimum Gasteiger partial charge on any atom is -0.302 e. The van der Waals surface area contributed by atoms with E-state index in [1.165, 1.54) is 51.7 Å². The molecule has 4 heteroatoms. The molecule has 0 aromatic rings. The molecular formula is C16H28N4. The largest absolute Gasteiger partial charge is 0.302 e. The summed E-state index contributed by atoms with van der Waals surface area (Å²) in [5, 5.41) is 13.2. The third-order valence-corrected chi connectivity index (χ3v) is 5.35. The summed E-state index contributed by atoms with van der Waals surface area (Å²) in [4.78, 5) is 5.07. The second kappa shape index (κ2) is 6.01. The molecule has 0 amide bonds. The van der Waals surface area contributed by atoms with Gasteiger partial charge in [0.25, 0.3) is 0 Å². The van der Waals surface area contributed by atoms with Crippen molar-refractivity contribution < 1.29 is 0 Å². The molecule has 2 aliphatic carbocycles. The second-order valence-corrected chi connectivity index (χ2v) is 7.04. The smallest absolute Gasteiger partial charge is 0.108 e. The Morgan fingerprint density at radius 2 is 2.05 bits per heavy atom. The van der Waals surface area contributed by atoms with E-state index < -0.39 is 0 Å². The van der Waals surface area contributed by atoms with E-state index in [9.17, 15) is 5.26 Å². The van der Waals surface area contributed by atoms with Crippen LogP contribution in [-0.4, -0.2) is 60.6 Å². The Hall–Kier alpha value is -0.630. The van der Waals surface area contributed by atoms with E-state index in [-0.39, 0.29) is 5.54 Å². The van der Waals surface area contributed by atoms with E-state index in [0.29, 0.717) is 12.1 Å². The molecule has 0 spiro atoms. The molecule has 1 saturated heterocycles. The lowest BCUT2D eigenvalue weighted by atomic mass is 9.99. The predicted octanol–water partition coefficient (Wildman–Crippen LogP) is 1.58. The fourth-order valence-corrected chi connectivity index (χ4v) is 3.77. The van der Waals surface area contributed by atoms with Gasteiger partial charge in [-0.05, 0) is 65.1 Å². The van der Waals surface area contributed by atoms with Crippen LogP contribution in [0.4, 0.5) is 0 Å². The molecule has 0 aromatic carbocycles. The Balaban J connectivity index is 1.46. The van der Waals surface area contributed by atoms with Crippen molar-refractivity contribution in [3.8, 4) is 6.07 Å². The van der Waals surface area contributed by atoms with Crippen LogP contribution in [0.3, 0.4) is 0 Å². The third kappa shape index (κ3) is 3.33. The van der Waals surface area contributed by atoms with Gasteiger partial charge in [0.2, 0.25) is 0 Å². The maximum Gasteiger partial charge on any atom is 0.108 e. The van der Waals surface area contributed by atoms with E-state index in [4.69, 9.17) is 0 Å².